The second-order valence-electron chi connectivity index (χ2n) is 6.99. The van der Waals surface area contributed by atoms with Gasteiger partial charge in [-0.15, -0.1) is 0 Å². The van der Waals surface area contributed by atoms with E-state index in [2.05, 4.69) is 4.57 Å². The molecule has 1 aromatic carbocycles. The summed E-state index contributed by atoms with van der Waals surface area (Å²) in [6.07, 6.45) is 5.87. The molecule has 6 nitrogen and oxygen atoms in total. The molecule has 3 aromatic rings. The number of aromatic nitrogens is 1. The van der Waals surface area contributed by atoms with Gasteiger partial charge in [-0.3, -0.25) is 4.79 Å². The molecule has 146 valence electrons. The second kappa shape index (κ2) is 7.67. The number of piperidine rings is 1. The Hall–Kier alpha value is -2.80. The first-order valence-corrected chi connectivity index (χ1v) is 11.0. The summed E-state index contributed by atoms with van der Waals surface area (Å²) < 4.78 is 32.7. The van der Waals surface area contributed by atoms with Crippen molar-refractivity contribution in [3.63, 3.8) is 0 Å². The van der Waals surface area contributed by atoms with Crippen LogP contribution < -0.4 is 0 Å². The summed E-state index contributed by atoms with van der Waals surface area (Å²) >= 11 is 0. The Bertz CT molecular complexity index is 1030. The average Bonchev–Trinajstić information content (AvgIpc) is 3.40. The molecular formula is C21H22N2O4S. The summed E-state index contributed by atoms with van der Waals surface area (Å²) in [5.74, 6) is 0.0152. The van der Waals surface area contributed by atoms with Crippen molar-refractivity contribution in [1.82, 2.24) is 9.47 Å². The molecule has 1 aliphatic heterocycles. The first-order chi connectivity index (χ1) is 13.5. The van der Waals surface area contributed by atoms with Gasteiger partial charge in [-0.1, -0.05) is 18.2 Å². The standard InChI is InChI=1S/C21H22N2O4S/c24-21(23-14-10-17(11-15-23)22-12-4-5-13-22)20-9-8-18(27-20)16-28(25,26)19-6-2-1-3-7-19/h1-9,12-13,17H,10-11,14-16H2. The summed E-state index contributed by atoms with van der Waals surface area (Å²) in [6, 6.07) is 15.8. The van der Waals surface area contributed by atoms with Gasteiger partial charge in [-0.25, -0.2) is 8.42 Å². The Kier molecular flexibility index (Phi) is 5.09. The van der Waals surface area contributed by atoms with Crippen LogP contribution in [0.2, 0.25) is 0 Å². The Morgan fingerprint density at radius 2 is 1.64 bits per heavy atom. The van der Waals surface area contributed by atoms with E-state index in [-0.39, 0.29) is 28.1 Å². The van der Waals surface area contributed by atoms with Crippen molar-refractivity contribution >= 4 is 15.7 Å². The van der Waals surface area contributed by atoms with Crippen LogP contribution in [0.5, 0.6) is 0 Å². The van der Waals surface area contributed by atoms with E-state index >= 15 is 0 Å². The second-order valence-corrected chi connectivity index (χ2v) is 8.98. The fourth-order valence-corrected chi connectivity index (χ4v) is 4.85. The van der Waals surface area contributed by atoms with Crippen molar-refractivity contribution in [3.8, 4) is 0 Å². The number of likely N-dealkylation sites (tertiary alicyclic amines) is 1. The highest BCUT2D eigenvalue weighted by Crippen LogP contribution is 2.25. The molecule has 0 atom stereocenters. The third kappa shape index (κ3) is 3.89. The lowest BCUT2D eigenvalue weighted by molar-refractivity contribution is 0.0661. The van der Waals surface area contributed by atoms with Crippen LogP contribution in [0.3, 0.4) is 0 Å². The number of sulfone groups is 1. The van der Waals surface area contributed by atoms with Gasteiger partial charge in [0.2, 0.25) is 0 Å². The summed E-state index contributed by atoms with van der Waals surface area (Å²) in [4.78, 5) is 14.7. The molecule has 0 bridgehead atoms. The van der Waals surface area contributed by atoms with E-state index in [1.165, 1.54) is 0 Å². The molecule has 28 heavy (non-hydrogen) atoms. The van der Waals surface area contributed by atoms with Gasteiger partial charge in [0.25, 0.3) is 5.91 Å². The van der Waals surface area contributed by atoms with Crippen molar-refractivity contribution in [2.75, 3.05) is 13.1 Å². The number of benzene rings is 1. The molecule has 1 amide bonds. The van der Waals surface area contributed by atoms with Crippen LogP contribution in [-0.4, -0.2) is 36.9 Å². The van der Waals surface area contributed by atoms with Crippen molar-refractivity contribution in [2.45, 2.75) is 29.5 Å². The highest BCUT2D eigenvalue weighted by molar-refractivity contribution is 7.90. The van der Waals surface area contributed by atoms with E-state index in [1.807, 2.05) is 24.5 Å². The van der Waals surface area contributed by atoms with Crippen molar-refractivity contribution in [3.05, 3.63) is 78.5 Å². The number of nitrogens with zero attached hydrogens (tertiary/aromatic N) is 2. The predicted octanol–water partition coefficient (Wildman–Crippen LogP) is 3.53. The van der Waals surface area contributed by atoms with Crippen LogP contribution in [0.4, 0.5) is 0 Å². The number of furan rings is 1. The zero-order chi connectivity index (χ0) is 19.6. The number of carbonyl (C=O) groups is 1. The molecule has 1 fully saturated rings. The van der Waals surface area contributed by atoms with E-state index in [4.69, 9.17) is 4.42 Å². The minimum absolute atomic E-state index is 0.186. The molecule has 0 radical (unpaired) electrons. The van der Waals surface area contributed by atoms with E-state index in [0.717, 1.165) is 12.8 Å². The van der Waals surface area contributed by atoms with Crippen LogP contribution >= 0.6 is 0 Å². The summed E-state index contributed by atoms with van der Waals surface area (Å²) in [7, 11) is -3.50. The molecular weight excluding hydrogens is 376 g/mol. The number of hydrogen-bond donors (Lipinski definition) is 0. The Morgan fingerprint density at radius 3 is 2.32 bits per heavy atom. The third-order valence-corrected chi connectivity index (χ3v) is 6.76. The molecule has 0 unspecified atom stereocenters. The fourth-order valence-electron chi connectivity index (χ4n) is 3.58. The topological polar surface area (TPSA) is 72.5 Å². The quantitative estimate of drug-likeness (QED) is 0.659. The van der Waals surface area contributed by atoms with Crippen LogP contribution in [0.15, 0.2) is 76.3 Å². The van der Waals surface area contributed by atoms with Crippen molar-refractivity contribution in [2.24, 2.45) is 0 Å². The maximum atomic E-state index is 12.7. The molecule has 0 saturated carbocycles. The summed E-state index contributed by atoms with van der Waals surface area (Å²) in [5, 5.41) is 0. The Morgan fingerprint density at radius 1 is 0.964 bits per heavy atom. The maximum absolute atomic E-state index is 12.7. The molecule has 2 aromatic heterocycles. The van der Waals surface area contributed by atoms with Gasteiger partial charge in [0.05, 0.1) is 4.90 Å². The molecule has 0 spiro atoms. The van der Waals surface area contributed by atoms with Crippen molar-refractivity contribution in [1.29, 1.82) is 0 Å². The maximum Gasteiger partial charge on any atom is 0.289 e. The molecule has 1 saturated heterocycles. The van der Waals surface area contributed by atoms with Gasteiger partial charge >= 0.3 is 0 Å². The Labute approximate surface area is 164 Å². The lowest BCUT2D eigenvalue weighted by Crippen LogP contribution is -2.38. The molecule has 4 rings (SSSR count). The van der Waals surface area contributed by atoms with Gasteiger partial charge < -0.3 is 13.9 Å². The number of hydrogen-bond acceptors (Lipinski definition) is 4. The Balaban J connectivity index is 1.40. The summed E-state index contributed by atoms with van der Waals surface area (Å²) in [6.45, 7) is 1.31. The monoisotopic (exact) mass is 398 g/mol. The minimum atomic E-state index is -3.50. The highest BCUT2D eigenvalue weighted by atomic mass is 32.2. The molecule has 7 heteroatoms. The lowest BCUT2D eigenvalue weighted by atomic mass is 10.0. The molecule has 0 N–H and O–H groups in total. The number of amides is 1. The van der Waals surface area contributed by atoms with E-state index < -0.39 is 9.84 Å². The van der Waals surface area contributed by atoms with Crippen molar-refractivity contribution < 1.29 is 17.6 Å². The number of carbonyl (C=O) groups excluding carboxylic acids is 1. The first-order valence-electron chi connectivity index (χ1n) is 9.31. The van der Waals surface area contributed by atoms with E-state index in [0.29, 0.717) is 19.1 Å². The minimum Gasteiger partial charge on any atom is -0.455 e. The predicted molar refractivity (Wildman–Crippen MR) is 105 cm³/mol. The number of rotatable bonds is 5. The SMILES string of the molecule is O=C(c1ccc(CS(=O)(=O)c2ccccc2)o1)N1CCC(n2cccc2)CC1. The highest BCUT2D eigenvalue weighted by Gasteiger charge is 2.26. The van der Waals surface area contributed by atoms with Gasteiger partial charge in [0.1, 0.15) is 11.5 Å². The smallest absolute Gasteiger partial charge is 0.289 e. The third-order valence-electron chi connectivity index (χ3n) is 5.11. The largest absolute Gasteiger partial charge is 0.455 e. The van der Waals surface area contributed by atoms with Crippen LogP contribution in [0.25, 0.3) is 0 Å². The zero-order valence-electron chi connectivity index (χ0n) is 15.4. The summed E-state index contributed by atoms with van der Waals surface area (Å²) in [5.41, 5.74) is 0. The molecule has 3 heterocycles. The average molecular weight is 398 g/mol. The lowest BCUT2D eigenvalue weighted by Gasteiger charge is -2.32. The molecule has 1 aliphatic rings. The molecule has 0 aliphatic carbocycles. The van der Waals surface area contributed by atoms with Gasteiger partial charge in [-0.05, 0) is 49.2 Å². The van der Waals surface area contributed by atoms with Crippen LogP contribution in [0.1, 0.15) is 35.2 Å². The van der Waals surface area contributed by atoms with Crippen LogP contribution in [0, 0.1) is 0 Å². The fraction of sp³-hybridized carbons (Fsp3) is 0.286. The normalized spacial score (nSPS) is 15.6. The zero-order valence-corrected chi connectivity index (χ0v) is 16.2. The van der Waals surface area contributed by atoms with Gasteiger partial charge in [-0.2, -0.15) is 0 Å². The van der Waals surface area contributed by atoms with E-state index in [1.54, 1.807) is 47.4 Å². The van der Waals surface area contributed by atoms with Gasteiger partial charge in [0, 0.05) is 31.5 Å². The first kappa shape index (κ1) is 18.6. The van der Waals surface area contributed by atoms with Crippen LogP contribution in [-0.2, 0) is 15.6 Å². The van der Waals surface area contributed by atoms with E-state index in [9.17, 15) is 13.2 Å². The van der Waals surface area contributed by atoms with Gasteiger partial charge in [0.15, 0.2) is 15.6 Å².